The van der Waals surface area contributed by atoms with Gasteiger partial charge in [0.05, 0.1) is 10.9 Å². The third-order valence-electron chi connectivity index (χ3n) is 3.90. The van der Waals surface area contributed by atoms with Crippen molar-refractivity contribution in [2.45, 2.75) is 10.3 Å². The zero-order valence-corrected chi connectivity index (χ0v) is 14.8. The Morgan fingerprint density at radius 1 is 1.30 bits per heavy atom. The Morgan fingerprint density at radius 3 is 2.61 bits per heavy atom. The Labute approximate surface area is 144 Å². The Hall–Kier alpha value is -0.710. The summed E-state index contributed by atoms with van der Waals surface area (Å²) >= 11 is 6.86. The number of thiophene rings is 1. The maximum absolute atomic E-state index is 12.5. The van der Waals surface area contributed by atoms with E-state index in [1.165, 1.54) is 10.4 Å². The molecule has 3 heterocycles. The minimum atomic E-state index is -3.53. The number of amides is 1. The average molecular weight is 380 g/mol. The normalized spacial score (nSPS) is 23.9. The van der Waals surface area contributed by atoms with Crippen LogP contribution in [0.3, 0.4) is 0 Å². The molecule has 0 aliphatic carbocycles. The van der Waals surface area contributed by atoms with Crippen LogP contribution in [0.25, 0.3) is 0 Å². The van der Waals surface area contributed by atoms with Gasteiger partial charge in [-0.2, -0.15) is 4.31 Å². The third kappa shape index (κ3) is 3.70. The summed E-state index contributed by atoms with van der Waals surface area (Å²) in [5, 5.41) is 3.12. The Balaban J connectivity index is 1.60. The molecular formula is C13H18ClN3O4S2. The van der Waals surface area contributed by atoms with Gasteiger partial charge in [0.1, 0.15) is 10.3 Å². The second-order valence-corrected chi connectivity index (χ2v) is 9.23. The quantitative estimate of drug-likeness (QED) is 0.813. The van der Waals surface area contributed by atoms with Gasteiger partial charge in [-0.05, 0) is 12.1 Å². The topological polar surface area (TPSA) is 79.0 Å². The molecule has 2 fully saturated rings. The second kappa shape index (κ2) is 7.04. The highest BCUT2D eigenvalue weighted by molar-refractivity contribution is 7.91. The third-order valence-corrected chi connectivity index (χ3v) is 7.49. The number of sulfonamides is 1. The number of halogens is 1. The largest absolute Gasteiger partial charge is 0.366 e. The van der Waals surface area contributed by atoms with E-state index in [-0.39, 0.29) is 23.2 Å². The van der Waals surface area contributed by atoms with E-state index in [0.29, 0.717) is 30.6 Å². The highest BCUT2D eigenvalue weighted by atomic mass is 35.5. The summed E-state index contributed by atoms with van der Waals surface area (Å²) in [4.78, 5) is 14.0. The second-order valence-electron chi connectivity index (χ2n) is 5.35. The van der Waals surface area contributed by atoms with Crippen molar-refractivity contribution in [2.75, 3.05) is 45.9 Å². The van der Waals surface area contributed by atoms with E-state index < -0.39 is 16.1 Å². The summed E-state index contributed by atoms with van der Waals surface area (Å²) in [7, 11) is -3.53. The zero-order valence-electron chi connectivity index (χ0n) is 12.4. The highest BCUT2D eigenvalue weighted by Crippen LogP contribution is 2.28. The van der Waals surface area contributed by atoms with Crippen molar-refractivity contribution in [3.8, 4) is 0 Å². The molecule has 1 aromatic rings. The molecule has 7 nitrogen and oxygen atoms in total. The number of rotatable bonds is 3. The number of carbonyl (C=O) groups is 1. The molecular weight excluding hydrogens is 362 g/mol. The summed E-state index contributed by atoms with van der Waals surface area (Å²) in [5.74, 6) is -0.0755. The van der Waals surface area contributed by atoms with Crippen LogP contribution in [0.1, 0.15) is 0 Å². The van der Waals surface area contributed by atoms with Crippen LogP contribution in [0.15, 0.2) is 16.3 Å². The predicted octanol–water partition coefficient (Wildman–Crippen LogP) is 0.223. The van der Waals surface area contributed by atoms with Crippen LogP contribution in [-0.4, -0.2) is 75.5 Å². The SMILES string of the molecule is O=C(C1CNCCO1)N1CCN(S(=O)(=O)c2ccc(Cl)s2)CC1. The number of hydrogen-bond acceptors (Lipinski definition) is 6. The number of hydrogen-bond donors (Lipinski definition) is 1. The fraction of sp³-hybridized carbons (Fsp3) is 0.615. The molecule has 0 bridgehead atoms. The number of ether oxygens (including phenoxy) is 1. The summed E-state index contributed by atoms with van der Waals surface area (Å²) in [6.07, 6.45) is -0.469. The van der Waals surface area contributed by atoms with E-state index in [2.05, 4.69) is 5.32 Å². The molecule has 0 aromatic carbocycles. The van der Waals surface area contributed by atoms with Crippen LogP contribution in [0.4, 0.5) is 0 Å². The van der Waals surface area contributed by atoms with Crippen molar-refractivity contribution >= 4 is 38.9 Å². The standard InChI is InChI=1S/C13H18ClN3O4S2/c14-11-1-2-12(22-11)23(19,20)17-6-4-16(5-7-17)13(18)10-9-15-3-8-21-10/h1-2,10,15H,3-9H2. The molecule has 2 aliphatic heterocycles. The van der Waals surface area contributed by atoms with Crippen LogP contribution in [0, 0.1) is 0 Å². The number of morpholine rings is 1. The van der Waals surface area contributed by atoms with Gasteiger partial charge in [-0.15, -0.1) is 11.3 Å². The van der Waals surface area contributed by atoms with Crippen LogP contribution >= 0.6 is 22.9 Å². The fourth-order valence-corrected chi connectivity index (χ4v) is 5.70. The molecule has 10 heteroatoms. The molecule has 1 unspecified atom stereocenters. The van der Waals surface area contributed by atoms with Gasteiger partial charge >= 0.3 is 0 Å². The van der Waals surface area contributed by atoms with Crippen molar-refractivity contribution in [1.29, 1.82) is 0 Å². The number of carbonyl (C=O) groups excluding carboxylic acids is 1. The number of piperazine rings is 1. The Bertz CT molecular complexity index is 665. The number of nitrogens with zero attached hydrogens (tertiary/aromatic N) is 2. The molecule has 0 spiro atoms. The molecule has 1 N–H and O–H groups in total. The van der Waals surface area contributed by atoms with Crippen LogP contribution < -0.4 is 5.32 Å². The average Bonchev–Trinajstić information content (AvgIpc) is 3.02. The molecule has 2 aliphatic rings. The van der Waals surface area contributed by atoms with Crippen LogP contribution in [0.2, 0.25) is 4.34 Å². The Kier molecular flexibility index (Phi) is 5.24. The van der Waals surface area contributed by atoms with Crippen LogP contribution in [0.5, 0.6) is 0 Å². The van der Waals surface area contributed by atoms with Gasteiger partial charge in [-0.25, -0.2) is 8.42 Å². The fourth-order valence-electron chi connectivity index (χ4n) is 2.64. The van der Waals surface area contributed by atoms with E-state index in [4.69, 9.17) is 16.3 Å². The van der Waals surface area contributed by atoms with Gasteiger partial charge in [0.2, 0.25) is 0 Å². The van der Waals surface area contributed by atoms with Crippen molar-refractivity contribution in [3.63, 3.8) is 0 Å². The van der Waals surface area contributed by atoms with E-state index in [1.54, 1.807) is 11.0 Å². The summed E-state index contributed by atoms with van der Waals surface area (Å²) in [6.45, 7) is 3.08. The van der Waals surface area contributed by atoms with Crippen molar-refractivity contribution in [3.05, 3.63) is 16.5 Å². The van der Waals surface area contributed by atoms with E-state index in [0.717, 1.165) is 17.9 Å². The van der Waals surface area contributed by atoms with Gasteiger partial charge in [0, 0.05) is 39.3 Å². The molecule has 0 radical (unpaired) electrons. The first-order valence-corrected chi connectivity index (χ1v) is 9.98. The van der Waals surface area contributed by atoms with Gasteiger partial charge in [0.15, 0.2) is 0 Å². The monoisotopic (exact) mass is 379 g/mol. The summed E-state index contributed by atoms with van der Waals surface area (Å²) in [6, 6.07) is 3.09. The van der Waals surface area contributed by atoms with E-state index in [9.17, 15) is 13.2 Å². The maximum atomic E-state index is 12.5. The minimum absolute atomic E-state index is 0.0755. The summed E-state index contributed by atoms with van der Waals surface area (Å²) < 4.78 is 32.6. The van der Waals surface area contributed by atoms with Gasteiger partial charge in [-0.3, -0.25) is 4.79 Å². The van der Waals surface area contributed by atoms with Crippen molar-refractivity contribution in [2.24, 2.45) is 0 Å². The molecule has 1 atom stereocenters. The highest BCUT2D eigenvalue weighted by Gasteiger charge is 2.33. The van der Waals surface area contributed by atoms with Gasteiger partial charge < -0.3 is 15.0 Å². The lowest BCUT2D eigenvalue weighted by Gasteiger charge is -2.36. The number of nitrogens with one attached hydrogen (secondary N) is 1. The first-order chi connectivity index (χ1) is 11.0. The van der Waals surface area contributed by atoms with Gasteiger partial charge in [-0.1, -0.05) is 11.6 Å². The smallest absolute Gasteiger partial charge is 0.253 e. The summed E-state index contributed by atoms with van der Waals surface area (Å²) in [5.41, 5.74) is 0. The lowest BCUT2D eigenvalue weighted by atomic mass is 10.2. The molecule has 1 aromatic heterocycles. The van der Waals surface area contributed by atoms with E-state index >= 15 is 0 Å². The van der Waals surface area contributed by atoms with Crippen molar-refractivity contribution < 1.29 is 17.9 Å². The first-order valence-electron chi connectivity index (χ1n) is 7.35. The molecule has 2 saturated heterocycles. The first kappa shape index (κ1) is 17.1. The van der Waals surface area contributed by atoms with E-state index in [1.807, 2.05) is 0 Å². The minimum Gasteiger partial charge on any atom is -0.366 e. The maximum Gasteiger partial charge on any atom is 0.253 e. The molecule has 128 valence electrons. The molecule has 0 saturated carbocycles. The molecule has 3 rings (SSSR count). The van der Waals surface area contributed by atoms with Crippen LogP contribution in [-0.2, 0) is 19.6 Å². The molecule has 23 heavy (non-hydrogen) atoms. The molecule has 1 amide bonds. The Morgan fingerprint density at radius 2 is 2.04 bits per heavy atom. The predicted molar refractivity (Wildman–Crippen MR) is 87.3 cm³/mol. The van der Waals surface area contributed by atoms with Gasteiger partial charge in [0.25, 0.3) is 15.9 Å². The zero-order chi connectivity index (χ0) is 16.4. The lowest BCUT2D eigenvalue weighted by Crippen LogP contribution is -2.55. The van der Waals surface area contributed by atoms with Crippen molar-refractivity contribution in [1.82, 2.24) is 14.5 Å². The lowest BCUT2D eigenvalue weighted by molar-refractivity contribution is -0.146.